The number of halogens is 1. The summed E-state index contributed by atoms with van der Waals surface area (Å²) in [5, 5.41) is 6.44. The van der Waals surface area contributed by atoms with Gasteiger partial charge in [0, 0.05) is 45.8 Å². The molecule has 1 saturated heterocycles. The van der Waals surface area contributed by atoms with Crippen molar-refractivity contribution in [2.75, 3.05) is 39.8 Å². The molecule has 7 heteroatoms. The first-order valence-electron chi connectivity index (χ1n) is 9.57. The van der Waals surface area contributed by atoms with Gasteiger partial charge in [0.05, 0.1) is 6.54 Å². The fraction of sp³-hybridized carbons (Fsp3) is 0.600. The van der Waals surface area contributed by atoms with Crippen molar-refractivity contribution >= 4 is 35.8 Å². The Hall–Kier alpha value is -1.35. The maximum Gasteiger partial charge on any atom is 0.234 e. The van der Waals surface area contributed by atoms with Crippen LogP contribution >= 0.6 is 24.0 Å². The van der Waals surface area contributed by atoms with Crippen LogP contribution in [0.5, 0.6) is 0 Å². The topological polar surface area (TPSA) is 60.0 Å². The molecule has 0 bridgehead atoms. The molecule has 1 aliphatic heterocycles. The number of nitrogens with one attached hydrogen (secondary N) is 2. The minimum Gasteiger partial charge on any atom is -0.353 e. The Labute approximate surface area is 180 Å². The SMILES string of the molecule is CCc1ccccc1CNC(=NC)N1CCN(CC(=O)NC(C)C)CC1.I. The van der Waals surface area contributed by atoms with E-state index in [1.54, 1.807) is 0 Å². The van der Waals surface area contributed by atoms with Crippen molar-refractivity contribution < 1.29 is 4.79 Å². The highest BCUT2D eigenvalue weighted by atomic mass is 127. The first-order chi connectivity index (χ1) is 12.5. The summed E-state index contributed by atoms with van der Waals surface area (Å²) in [4.78, 5) is 20.8. The molecule has 0 unspecified atom stereocenters. The lowest BCUT2D eigenvalue weighted by atomic mass is 10.1. The monoisotopic (exact) mass is 487 g/mol. The van der Waals surface area contributed by atoms with Crippen molar-refractivity contribution in [3.63, 3.8) is 0 Å². The first-order valence-corrected chi connectivity index (χ1v) is 9.57. The Morgan fingerprint density at radius 3 is 2.33 bits per heavy atom. The Morgan fingerprint density at radius 2 is 1.78 bits per heavy atom. The number of carbonyl (C=O) groups excluding carboxylic acids is 1. The predicted molar refractivity (Wildman–Crippen MR) is 123 cm³/mol. The minimum absolute atomic E-state index is 0. The molecule has 0 saturated carbocycles. The van der Waals surface area contributed by atoms with Crippen molar-refractivity contribution in [1.82, 2.24) is 20.4 Å². The highest BCUT2D eigenvalue weighted by molar-refractivity contribution is 14.0. The average Bonchev–Trinajstić information content (AvgIpc) is 2.63. The van der Waals surface area contributed by atoms with E-state index < -0.39 is 0 Å². The zero-order valence-electron chi connectivity index (χ0n) is 17.0. The molecule has 1 heterocycles. The highest BCUT2D eigenvalue weighted by Gasteiger charge is 2.21. The molecule has 27 heavy (non-hydrogen) atoms. The highest BCUT2D eigenvalue weighted by Crippen LogP contribution is 2.09. The van der Waals surface area contributed by atoms with E-state index in [4.69, 9.17) is 0 Å². The van der Waals surface area contributed by atoms with Gasteiger partial charge in [-0.05, 0) is 31.4 Å². The minimum atomic E-state index is 0. The Bertz CT molecular complexity index is 612. The Kier molecular flexibility index (Phi) is 10.7. The molecule has 1 amide bonds. The van der Waals surface area contributed by atoms with E-state index in [2.05, 4.69) is 56.6 Å². The van der Waals surface area contributed by atoms with Gasteiger partial charge in [0.1, 0.15) is 0 Å². The lowest BCUT2D eigenvalue weighted by Crippen LogP contribution is -2.54. The van der Waals surface area contributed by atoms with Gasteiger partial charge in [-0.1, -0.05) is 31.2 Å². The number of carbonyl (C=O) groups is 1. The maximum atomic E-state index is 11.9. The lowest BCUT2D eigenvalue weighted by Gasteiger charge is -2.36. The molecule has 0 aromatic heterocycles. The van der Waals surface area contributed by atoms with Gasteiger partial charge < -0.3 is 15.5 Å². The number of nitrogens with zero attached hydrogens (tertiary/aromatic N) is 3. The van der Waals surface area contributed by atoms with Gasteiger partial charge in [-0.2, -0.15) is 0 Å². The number of piperazine rings is 1. The van der Waals surface area contributed by atoms with Crippen LogP contribution in [0.2, 0.25) is 0 Å². The van der Waals surface area contributed by atoms with Crippen LogP contribution in [-0.2, 0) is 17.8 Å². The average molecular weight is 487 g/mol. The van der Waals surface area contributed by atoms with Crippen molar-refractivity contribution in [2.24, 2.45) is 4.99 Å². The summed E-state index contributed by atoms with van der Waals surface area (Å²) in [5.41, 5.74) is 2.69. The van der Waals surface area contributed by atoms with Gasteiger partial charge >= 0.3 is 0 Å². The van der Waals surface area contributed by atoms with Gasteiger partial charge in [0.25, 0.3) is 0 Å². The molecule has 6 nitrogen and oxygen atoms in total. The largest absolute Gasteiger partial charge is 0.353 e. The molecule has 1 aromatic rings. The van der Waals surface area contributed by atoms with Crippen LogP contribution in [-0.4, -0.2) is 67.5 Å². The maximum absolute atomic E-state index is 11.9. The molecule has 2 N–H and O–H groups in total. The van der Waals surface area contributed by atoms with E-state index >= 15 is 0 Å². The normalized spacial score (nSPS) is 15.4. The molecule has 0 spiro atoms. The van der Waals surface area contributed by atoms with Crippen LogP contribution in [0, 0.1) is 0 Å². The zero-order valence-corrected chi connectivity index (χ0v) is 19.3. The first kappa shape index (κ1) is 23.7. The van der Waals surface area contributed by atoms with Crippen molar-refractivity contribution in [3.8, 4) is 0 Å². The quantitative estimate of drug-likeness (QED) is 0.367. The van der Waals surface area contributed by atoms with Crippen LogP contribution in [0.25, 0.3) is 0 Å². The van der Waals surface area contributed by atoms with E-state index in [9.17, 15) is 4.79 Å². The van der Waals surface area contributed by atoms with Crippen molar-refractivity contribution in [1.29, 1.82) is 0 Å². The zero-order chi connectivity index (χ0) is 18.9. The predicted octanol–water partition coefficient (Wildman–Crippen LogP) is 2.08. The second-order valence-corrected chi connectivity index (χ2v) is 7.01. The van der Waals surface area contributed by atoms with Crippen LogP contribution in [0.3, 0.4) is 0 Å². The smallest absolute Gasteiger partial charge is 0.234 e. The number of aryl methyl sites for hydroxylation is 1. The molecule has 2 rings (SSSR count). The Balaban J connectivity index is 0.00000364. The second kappa shape index (κ2) is 12.2. The van der Waals surface area contributed by atoms with Gasteiger partial charge in [-0.15, -0.1) is 24.0 Å². The summed E-state index contributed by atoms with van der Waals surface area (Å²) in [6, 6.07) is 8.72. The third-order valence-corrected chi connectivity index (χ3v) is 4.64. The summed E-state index contributed by atoms with van der Waals surface area (Å²) in [6.45, 7) is 10.9. The molecule has 0 aliphatic carbocycles. The van der Waals surface area contributed by atoms with E-state index in [1.807, 2.05) is 20.9 Å². The molecule has 0 radical (unpaired) electrons. The molecular weight excluding hydrogens is 453 g/mol. The van der Waals surface area contributed by atoms with Crippen molar-refractivity contribution in [3.05, 3.63) is 35.4 Å². The van der Waals surface area contributed by atoms with E-state index in [1.165, 1.54) is 11.1 Å². The third kappa shape index (κ3) is 7.65. The second-order valence-electron chi connectivity index (χ2n) is 7.01. The standard InChI is InChI=1S/C20H33N5O.HI/c1-5-17-8-6-7-9-18(17)14-22-20(21-4)25-12-10-24(11-13-25)15-19(26)23-16(2)3;/h6-9,16H,5,10-15H2,1-4H3,(H,21,22)(H,23,26);1H. The molecular formula is C20H34IN5O. The fourth-order valence-electron chi connectivity index (χ4n) is 3.27. The summed E-state index contributed by atoms with van der Waals surface area (Å²) in [7, 11) is 1.83. The number of aliphatic imine (C=N–C) groups is 1. The summed E-state index contributed by atoms with van der Waals surface area (Å²) < 4.78 is 0. The van der Waals surface area contributed by atoms with Gasteiger partial charge in [-0.3, -0.25) is 14.7 Å². The van der Waals surface area contributed by atoms with E-state index in [0.717, 1.165) is 45.1 Å². The number of guanidine groups is 1. The van der Waals surface area contributed by atoms with Crippen LogP contribution < -0.4 is 10.6 Å². The van der Waals surface area contributed by atoms with Gasteiger partial charge in [0.15, 0.2) is 5.96 Å². The summed E-state index contributed by atoms with van der Waals surface area (Å²) in [5.74, 6) is 1.04. The van der Waals surface area contributed by atoms with Crippen LogP contribution in [0.4, 0.5) is 0 Å². The number of hydrogen-bond donors (Lipinski definition) is 2. The number of hydrogen-bond acceptors (Lipinski definition) is 3. The third-order valence-electron chi connectivity index (χ3n) is 4.64. The molecule has 1 aliphatic rings. The number of rotatable bonds is 6. The number of benzene rings is 1. The molecule has 152 valence electrons. The van der Waals surface area contributed by atoms with Crippen LogP contribution in [0.1, 0.15) is 31.9 Å². The lowest BCUT2D eigenvalue weighted by molar-refractivity contribution is -0.123. The molecule has 1 aromatic carbocycles. The Morgan fingerprint density at radius 1 is 1.15 bits per heavy atom. The van der Waals surface area contributed by atoms with E-state index in [-0.39, 0.29) is 35.9 Å². The van der Waals surface area contributed by atoms with Gasteiger partial charge in [-0.25, -0.2) is 0 Å². The van der Waals surface area contributed by atoms with E-state index in [0.29, 0.717) is 6.54 Å². The van der Waals surface area contributed by atoms with Crippen molar-refractivity contribution in [2.45, 2.75) is 39.8 Å². The van der Waals surface area contributed by atoms with Gasteiger partial charge in [0.2, 0.25) is 5.91 Å². The molecule has 1 fully saturated rings. The summed E-state index contributed by atoms with van der Waals surface area (Å²) >= 11 is 0. The fourth-order valence-corrected chi connectivity index (χ4v) is 3.27. The summed E-state index contributed by atoms with van der Waals surface area (Å²) in [6.07, 6.45) is 1.04. The number of amides is 1. The van der Waals surface area contributed by atoms with Crippen LogP contribution in [0.15, 0.2) is 29.3 Å². The molecule has 0 atom stereocenters.